The molecule has 19 heavy (non-hydrogen) atoms. The number of hydrogen-bond donors (Lipinski definition) is 1. The second-order valence-electron chi connectivity index (χ2n) is 6.12. The summed E-state index contributed by atoms with van der Waals surface area (Å²) in [4.78, 5) is 0. The Kier molecular flexibility index (Phi) is 5.91. The Bertz CT molecular complexity index is 354. The Morgan fingerprint density at radius 2 is 1.79 bits per heavy atom. The third kappa shape index (κ3) is 4.35. The Labute approximate surface area is 118 Å². The van der Waals surface area contributed by atoms with Gasteiger partial charge in [-0.2, -0.15) is 0 Å². The van der Waals surface area contributed by atoms with Crippen molar-refractivity contribution in [3.05, 3.63) is 35.4 Å². The van der Waals surface area contributed by atoms with Crippen molar-refractivity contribution in [2.24, 2.45) is 5.92 Å². The maximum absolute atomic E-state index is 3.64. The van der Waals surface area contributed by atoms with Crippen molar-refractivity contribution < 1.29 is 0 Å². The summed E-state index contributed by atoms with van der Waals surface area (Å²) < 4.78 is 0. The molecule has 106 valence electrons. The van der Waals surface area contributed by atoms with Crippen LogP contribution in [0.4, 0.5) is 0 Å². The van der Waals surface area contributed by atoms with Gasteiger partial charge < -0.3 is 5.32 Å². The van der Waals surface area contributed by atoms with Gasteiger partial charge in [0, 0.05) is 0 Å². The van der Waals surface area contributed by atoms with Crippen LogP contribution in [0.5, 0.6) is 0 Å². The van der Waals surface area contributed by atoms with Crippen molar-refractivity contribution in [2.45, 2.75) is 58.3 Å². The first-order chi connectivity index (χ1) is 9.31. The van der Waals surface area contributed by atoms with Crippen molar-refractivity contribution in [1.82, 2.24) is 5.32 Å². The van der Waals surface area contributed by atoms with Crippen LogP contribution in [0.3, 0.4) is 0 Å². The number of aryl methyl sites for hydroxylation is 1. The summed E-state index contributed by atoms with van der Waals surface area (Å²) in [6.07, 6.45) is 8.26. The summed E-state index contributed by atoms with van der Waals surface area (Å²) in [6.45, 7) is 6.79. The fourth-order valence-corrected chi connectivity index (χ4v) is 3.35. The molecule has 0 radical (unpaired) electrons. The SMILES string of the molecule is CCCNCC1CCCCCC1c1ccc(C)cc1. The van der Waals surface area contributed by atoms with Gasteiger partial charge in [0.05, 0.1) is 0 Å². The van der Waals surface area contributed by atoms with E-state index in [-0.39, 0.29) is 0 Å². The van der Waals surface area contributed by atoms with Crippen molar-refractivity contribution in [1.29, 1.82) is 0 Å². The maximum atomic E-state index is 3.64. The molecule has 1 fully saturated rings. The molecule has 1 N–H and O–H groups in total. The summed E-state index contributed by atoms with van der Waals surface area (Å²) in [5.41, 5.74) is 2.94. The standard InChI is InChI=1S/C18H29N/c1-3-13-19-14-17-7-5-4-6-8-18(17)16-11-9-15(2)10-12-16/h9-12,17-19H,3-8,13-14H2,1-2H3. The van der Waals surface area contributed by atoms with Crippen LogP contribution in [0.15, 0.2) is 24.3 Å². The first-order valence-electron chi connectivity index (χ1n) is 8.08. The molecule has 1 aliphatic rings. The van der Waals surface area contributed by atoms with Crippen LogP contribution >= 0.6 is 0 Å². The van der Waals surface area contributed by atoms with Crippen molar-refractivity contribution in [2.75, 3.05) is 13.1 Å². The molecule has 0 aliphatic heterocycles. The first-order valence-corrected chi connectivity index (χ1v) is 8.08. The average Bonchev–Trinajstić information content (AvgIpc) is 2.66. The van der Waals surface area contributed by atoms with E-state index in [0.717, 1.165) is 18.4 Å². The van der Waals surface area contributed by atoms with E-state index in [9.17, 15) is 0 Å². The second kappa shape index (κ2) is 7.69. The molecule has 1 aromatic carbocycles. The van der Waals surface area contributed by atoms with Gasteiger partial charge in [-0.1, -0.05) is 56.0 Å². The van der Waals surface area contributed by atoms with Gasteiger partial charge in [-0.15, -0.1) is 0 Å². The Morgan fingerprint density at radius 1 is 1.05 bits per heavy atom. The minimum absolute atomic E-state index is 0.771. The third-order valence-electron chi connectivity index (χ3n) is 4.50. The fourth-order valence-electron chi connectivity index (χ4n) is 3.35. The van der Waals surface area contributed by atoms with E-state index in [1.54, 1.807) is 5.56 Å². The lowest BCUT2D eigenvalue weighted by Gasteiger charge is -2.26. The molecule has 0 spiro atoms. The largest absolute Gasteiger partial charge is 0.316 e. The highest BCUT2D eigenvalue weighted by Crippen LogP contribution is 2.36. The van der Waals surface area contributed by atoms with Crippen LogP contribution in [0.25, 0.3) is 0 Å². The van der Waals surface area contributed by atoms with E-state index in [0.29, 0.717) is 0 Å². The molecule has 0 bridgehead atoms. The number of hydrogen-bond acceptors (Lipinski definition) is 1. The molecule has 1 saturated carbocycles. The zero-order valence-corrected chi connectivity index (χ0v) is 12.6. The molecule has 1 nitrogen and oxygen atoms in total. The fraction of sp³-hybridized carbons (Fsp3) is 0.667. The van der Waals surface area contributed by atoms with Crippen molar-refractivity contribution >= 4 is 0 Å². The first kappa shape index (κ1) is 14.6. The topological polar surface area (TPSA) is 12.0 Å². The number of rotatable bonds is 5. The molecule has 2 atom stereocenters. The molecule has 0 saturated heterocycles. The van der Waals surface area contributed by atoms with Gasteiger partial charge in [-0.05, 0) is 56.7 Å². The summed E-state index contributed by atoms with van der Waals surface area (Å²) >= 11 is 0. The monoisotopic (exact) mass is 259 g/mol. The lowest BCUT2D eigenvalue weighted by molar-refractivity contribution is 0.376. The van der Waals surface area contributed by atoms with Gasteiger partial charge in [-0.3, -0.25) is 0 Å². The zero-order valence-electron chi connectivity index (χ0n) is 12.6. The summed E-state index contributed by atoms with van der Waals surface area (Å²) in [5.74, 6) is 1.60. The molecule has 2 unspecified atom stereocenters. The highest BCUT2D eigenvalue weighted by molar-refractivity contribution is 5.25. The quantitative estimate of drug-likeness (QED) is 0.599. The van der Waals surface area contributed by atoms with E-state index >= 15 is 0 Å². The number of nitrogens with one attached hydrogen (secondary N) is 1. The Hall–Kier alpha value is -0.820. The van der Waals surface area contributed by atoms with Crippen LogP contribution in [-0.2, 0) is 0 Å². The lowest BCUT2D eigenvalue weighted by atomic mass is 9.82. The smallest absolute Gasteiger partial charge is 0.00147 e. The Balaban J connectivity index is 2.05. The molecule has 0 heterocycles. The summed E-state index contributed by atoms with van der Waals surface area (Å²) in [5, 5.41) is 3.64. The highest BCUT2D eigenvalue weighted by atomic mass is 14.9. The van der Waals surface area contributed by atoms with Crippen LogP contribution in [0, 0.1) is 12.8 Å². The number of benzene rings is 1. The van der Waals surface area contributed by atoms with Gasteiger partial charge in [0.2, 0.25) is 0 Å². The predicted molar refractivity (Wildman–Crippen MR) is 83.7 cm³/mol. The normalized spacial score (nSPS) is 24.1. The summed E-state index contributed by atoms with van der Waals surface area (Å²) in [6, 6.07) is 9.27. The van der Waals surface area contributed by atoms with E-state index < -0.39 is 0 Å². The minimum atomic E-state index is 0.771. The van der Waals surface area contributed by atoms with Crippen molar-refractivity contribution in [3.8, 4) is 0 Å². The summed E-state index contributed by atoms with van der Waals surface area (Å²) in [7, 11) is 0. The van der Waals surface area contributed by atoms with Crippen LogP contribution < -0.4 is 5.32 Å². The molecule has 0 amide bonds. The van der Waals surface area contributed by atoms with Crippen LogP contribution in [0.2, 0.25) is 0 Å². The molecule has 1 aliphatic carbocycles. The van der Waals surface area contributed by atoms with Crippen molar-refractivity contribution in [3.63, 3.8) is 0 Å². The van der Waals surface area contributed by atoms with Crippen LogP contribution in [-0.4, -0.2) is 13.1 Å². The van der Waals surface area contributed by atoms with E-state index in [2.05, 4.69) is 43.4 Å². The molecule has 2 rings (SSSR count). The van der Waals surface area contributed by atoms with Gasteiger partial charge in [0.25, 0.3) is 0 Å². The van der Waals surface area contributed by atoms with E-state index in [4.69, 9.17) is 0 Å². The van der Waals surface area contributed by atoms with Crippen LogP contribution in [0.1, 0.15) is 62.5 Å². The third-order valence-corrected chi connectivity index (χ3v) is 4.50. The molecular formula is C18H29N. The molecule has 1 aromatic rings. The second-order valence-corrected chi connectivity index (χ2v) is 6.12. The molecule has 0 aromatic heterocycles. The maximum Gasteiger partial charge on any atom is -0.00147 e. The van der Waals surface area contributed by atoms with Gasteiger partial charge in [0.15, 0.2) is 0 Å². The predicted octanol–water partition coefficient (Wildman–Crippen LogP) is 4.66. The highest BCUT2D eigenvalue weighted by Gasteiger charge is 2.24. The van der Waals surface area contributed by atoms with Gasteiger partial charge in [-0.25, -0.2) is 0 Å². The molecule has 1 heteroatoms. The minimum Gasteiger partial charge on any atom is -0.316 e. The Morgan fingerprint density at radius 3 is 2.53 bits per heavy atom. The van der Waals surface area contributed by atoms with Gasteiger partial charge in [0.1, 0.15) is 0 Å². The zero-order chi connectivity index (χ0) is 13.5. The lowest BCUT2D eigenvalue weighted by Crippen LogP contribution is -2.27. The van der Waals surface area contributed by atoms with Gasteiger partial charge >= 0.3 is 0 Å². The average molecular weight is 259 g/mol. The van der Waals surface area contributed by atoms with E-state index in [1.165, 1.54) is 50.6 Å². The molecular weight excluding hydrogens is 230 g/mol. The van der Waals surface area contributed by atoms with E-state index in [1.807, 2.05) is 0 Å².